The summed E-state index contributed by atoms with van der Waals surface area (Å²) >= 11 is 0. The van der Waals surface area contributed by atoms with Crippen LogP contribution in [0.25, 0.3) is 0 Å². The normalized spacial score (nSPS) is 33.9. The van der Waals surface area contributed by atoms with Crippen molar-refractivity contribution in [2.24, 2.45) is 5.92 Å². The van der Waals surface area contributed by atoms with Crippen LogP contribution in [0.2, 0.25) is 0 Å². The third-order valence-electron chi connectivity index (χ3n) is 5.77. The molecule has 0 saturated carbocycles. The fourth-order valence-electron chi connectivity index (χ4n) is 4.28. The standard InChI is InChI=1S/C17H33N3/c1-13(2)18-8-14(9-18)10-20-15-6-7-16(20)12-19(11-15)17(3,4)5/h13-16H,6-12H2,1-5H3. The number of nitrogens with zero attached hydrogens (tertiary/aromatic N) is 3. The number of likely N-dealkylation sites (tertiary alicyclic amines) is 2. The lowest BCUT2D eigenvalue weighted by Gasteiger charge is -2.50. The summed E-state index contributed by atoms with van der Waals surface area (Å²) in [5.74, 6) is 0.932. The van der Waals surface area contributed by atoms with Gasteiger partial charge in [-0.2, -0.15) is 0 Å². The highest BCUT2D eigenvalue weighted by molar-refractivity contribution is 5.00. The van der Waals surface area contributed by atoms with Gasteiger partial charge in [0.05, 0.1) is 0 Å². The number of piperazine rings is 1. The second-order valence-corrected chi connectivity index (χ2v) is 8.57. The van der Waals surface area contributed by atoms with Crippen molar-refractivity contribution < 1.29 is 0 Å². The summed E-state index contributed by atoms with van der Waals surface area (Å²) in [7, 11) is 0. The van der Waals surface area contributed by atoms with E-state index < -0.39 is 0 Å². The Morgan fingerprint density at radius 2 is 1.50 bits per heavy atom. The van der Waals surface area contributed by atoms with Crippen molar-refractivity contribution in [3.63, 3.8) is 0 Å². The van der Waals surface area contributed by atoms with Crippen molar-refractivity contribution in [2.75, 3.05) is 32.7 Å². The Kier molecular flexibility index (Phi) is 3.89. The predicted octanol–water partition coefficient (Wildman–Crippen LogP) is 2.27. The molecule has 116 valence electrons. The van der Waals surface area contributed by atoms with Crippen molar-refractivity contribution in [1.82, 2.24) is 14.7 Å². The molecule has 20 heavy (non-hydrogen) atoms. The number of hydrogen-bond donors (Lipinski definition) is 0. The van der Waals surface area contributed by atoms with Crippen molar-refractivity contribution >= 4 is 0 Å². The van der Waals surface area contributed by atoms with Crippen LogP contribution in [0.4, 0.5) is 0 Å². The van der Waals surface area contributed by atoms with Gasteiger partial charge in [0.15, 0.2) is 0 Å². The van der Waals surface area contributed by atoms with Crippen LogP contribution < -0.4 is 0 Å². The van der Waals surface area contributed by atoms with Gasteiger partial charge in [0.25, 0.3) is 0 Å². The molecular formula is C17H33N3. The quantitative estimate of drug-likeness (QED) is 0.785. The maximum atomic E-state index is 2.87. The summed E-state index contributed by atoms with van der Waals surface area (Å²) in [6, 6.07) is 2.41. The lowest BCUT2D eigenvalue weighted by Crippen LogP contribution is -2.62. The Labute approximate surface area is 125 Å². The molecule has 0 aromatic carbocycles. The number of fused-ring (bicyclic) bond motifs is 2. The van der Waals surface area contributed by atoms with Gasteiger partial charge in [-0.1, -0.05) is 0 Å². The van der Waals surface area contributed by atoms with Crippen LogP contribution >= 0.6 is 0 Å². The van der Waals surface area contributed by atoms with Crippen LogP contribution in [-0.2, 0) is 0 Å². The molecule has 0 N–H and O–H groups in total. The van der Waals surface area contributed by atoms with E-state index in [1.165, 1.54) is 45.6 Å². The van der Waals surface area contributed by atoms with E-state index in [1.807, 2.05) is 0 Å². The summed E-state index contributed by atoms with van der Waals surface area (Å²) in [4.78, 5) is 8.19. The van der Waals surface area contributed by atoms with Gasteiger partial charge >= 0.3 is 0 Å². The zero-order chi connectivity index (χ0) is 14.5. The summed E-state index contributed by atoms with van der Waals surface area (Å²) < 4.78 is 0. The molecule has 0 amide bonds. The smallest absolute Gasteiger partial charge is 0.0227 e. The molecule has 3 nitrogen and oxygen atoms in total. The van der Waals surface area contributed by atoms with Crippen molar-refractivity contribution in [1.29, 1.82) is 0 Å². The Morgan fingerprint density at radius 3 is 1.95 bits per heavy atom. The van der Waals surface area contributed by atoms with E-state index in [1.54, 1.807) is 0 Å². The van der Waals surface area contributed by atoms with Crippen LogP contribution in [0.3, 0.4) is 0 Å². The molecule has 3 saturated heterocycles. The molecule has 2 atom stereocenters. The summed E-state index contributed by atoms with van der Waals surface area (Å²) in [5.41, 5.74) is 0.345. The van der Waals surface area contributed by atoms with E-state index in [0.29, 0.717) is 5.54 Å². The van der Waals surface area contributed by atoms with E-state index in [2.05, 4.69) is 49.3 Å². The number of hydrogen-bond acceptors (Lipinski definition) is 3. The maximum absolute atomic E-state index is 2.87. The lowest BCUT2D eigenvalue weighted by atomic mass is 9.95. The zero-order valence-corrected chi connectivity index (χ0v) is 14.1. The molecule has 3 aliphatic rings. The third kappa shape index (κ3) is 2.77. The minimum Gasteiger partial charge on any atom is -0.300 e. The van der Waals surface area contributed by atoms with Gasteiger partial charge in [-0.05, 0) is 53.4 Å². The summed E-state index contributed by atoms with van der Waals surface area (Å²) in [6.45, 7) is 18.4. The zero-order valence-electron chi connectivity index (χ0n) is 14.1. The Hall–Kier alpha value is -0.120. The second kappa shape index (κ2) is 5.26. The summed E-state index contributed by atoms with van der Waals surface area (Å²) in [5, 5.41) is 0. The maximum Gasteiger partial charge on any atom is 0.0227 e. The molecule has 3 rings (SSSR count). The number of rotatable bonds is 3. The lowest BCUT2D eigenvalue weighted by molar-refractivity contribution is -0.0194. The molecule has 0 aliphatic carbocycles. The molecule has 0 radical (unpaired) electrons. The van der Waals surface area contributed by atoms with Crippen LogP contribution in [0.15, 0.2) is 0 Å². The highest BCUT2D eigenvalue weighted by Crippen LogP contribution is 2.34. The van der Waals surface area contributed by atoms with E-state index in [0.717, 1.165) is 24.0 Å². The SMILES string of the molecule is CC(C)N1CC(CN2C3CCC2CN(C(C)(C)C)C3)C1. The molecule has 3 heteroatoms. The monoisotopic (exact) mass is 279 g/mol. The molecule has 3 aliphatic heterocycles. The van der Waals surface area contributed by atoms with Crippen molar-refractivity contribution in [3.05, 3.63) is 0 Å². The highest BCUT2D eigenvalue weighted by atomic mass is 15.4. The first-order valence-corrected chi connectivity index (χ1v) is 8.59. The van der Waals surface area contributed by atoms with Gasteiger partial charge in [-0.3, -0.25) is 9.80 Å². The Morgan fingerprint density at radius 1 is 0.950 bits per heavy atom. The highest BCUT2D eigenvalue weighted by Gasteiger charge is 2.44. The molecule has 3 fully saturated rings. The van der Waals surface area contributed by atoms with Crippen LogP contribution in [0.5, 0.6) is 0 Å². The molecule has 0 aromatic heterocycles. The van der Waals surface area contributed by atoms with Gasteiger partial charge in [0, 0.05) is 56.4 Å². The Bertz CT molecular complexity index is 327. The average molecular weight is 279 g/mol. The molecule has 2 unspecified atom stereocenters. The van der Waals surface area contributed by atoms with Gasteiger partial charge in [-0.25, -0.2) is 0 Å². The molecule has 3 heterocycles. The largest absolute Gasteiger partial charge is 0.300 e. The molecule has 2 bridgehead atoms. The average Bonchev–Trinajstić information content (AvgIpc) is 2.52. The minimum atomic E-state index is 0.345. The third-order valence-corrected chi connectivity index (χ3v) is 5.77. The second-order valence-electron chi connectivity index (χ2n) is 8.57. The van der Waals surface area contributed by atoms with Crippen LogP contribution in [0, 0.1) is 5.92 Å². The van der Waals surface area contributed by atoms with Crippen molar-refractivity contribution in [2.45, 2.75) is 71.1 Å². The van der Waals surface area contributed by atoms with Gasteiger partial charge < -0.3 is 4.90 Å². The van der Waals surface area contributed by atoms with E-state index in [-0.39, 0.29) is 0 Å². The first kappa shape index (κ1) is 14.8. The van der Waals surface area contributed by atoms with Crippen LogP contribution in [-0.4, -0.2) is 71.1 Å². The topological polar surface area (TPSA) is 9.72 Å². The fraction of sp³-hybridized carbons (Fsp3) is 1.00. The fourth-order valence-corrected chi connectivity index (χ4v) is 4.28. The van der Waals surface area contributed by atoms with E-state index in [4.69, 9.17) is 0 Å². The predicted molar refractivity (Wildman–Crippen MR) is 85.0 cm³/mol. The summed E-state index contributed by atoms with van der Waals surface area (Å²) in [6.07, 6.45) is 2.86. The van der Waals surface area contributed by atoms with E-state index >= 15 is 0 Å². The molecule has 0 spiro atoms. The van der Waals surface area contributed by atoms with Gasteiger partial charge in [0.2, 0.25) is 0 Å². The molecule has 0 aromatic rings. The van der Waals surface area contributed by atoms with Gasteiger partial charge in [-0.15, -0.1) is 0 Å². The molecular weight excluding hydrogens is 246 g/mol. The first-order valence-electron chi connectivity index (χ1n) is 8.59. The van der Waals surface area contributed by atoms with Crippen molar-refractivity contribution in [3.8, 4) is 0 Å². The first-order chi connectivity index (χ1) is 9.34. The van der Waals surface area contributed by atoms with Crippen LogP contribution in [0.1, 0.15) is 47.5 Å². The Balaban J connectivity index is 1.53. The minimum absolute atomic E-state index is 0.345. The van der Waals surface area contributed by atoms with Gasteiger partial charge in [0.1, 0.15) is 0 Å². The van der Waals surface area contributed by atoms with E-state index in [9.17, 15) is 0 Å².